The maximum absolute atomic E-state index is 9.95. The van der Waals surface area contributed by atoms with Crippen molar-refractivity contribution in [1.29, 1.82) is 0 Å². The summed E-state index contributed by atoms with van der Waals surface area (Å²) in [5.74, 6) is 0.848. The van der Waals surface area contributed by atoms with Crippen molar-refractivity contribution in [2.45, 2.75) is 44.3 Å². The molecule has 0 bridgehead atoms. The van der Waals surface area contributed by atoms with Crippen LogP contribution in [0, 0.1) is 0 Å². The van der Waals surface area contributed by atoms with Gasteiger partial charge >= 0.3 is 0 Å². The second-order valence-corrected chi connectivity index (χ2v) is 5.89. The number of aliphatic hydroxyl groups excluding tert-OH is 1. The minimum atomic E-state index is -0.582. The van der Waals surface area contributed by atoms with Gasteiger partial charge in [-0.2, -0.15) is 0 Å². The van der Waals surface area contributed by atoms with Crippen LogP contribution in [0.4, 0.5) is 0 Å². The number of rotatable bonds is 6. The fourth-order valence-electron chi connectivity index (χ4n) is 2.97. The van der Waals surface area contributed by atoms with E-state index in [0.717, 1.165) is 38.2 Å². The maximum Gasteiger partial charge on any atom is 0.119 e. The Kier molecular flexibility index (Phi) is 5.12. The predicted octanol–water partition coefficient (Wildman–Crippen LogP) is 2.11. The van der Waals surface area contributed by atoms with Crippen LogP contribution in [0.3, 0.4) is 0 Å². The molecule has 4 nitrogen and oxygen atoms in total. The number of aliphatic hydroxyl groups is 1. The Balaban J connectivity index is 1.40. The van der Waals surface area contributed by atoms with Crippen LogP contribution < -0.4 is 4.74 Å². The Labute approximate surface area is 126 Å². The molecular weight excluding hydrogens is 268 g/mol. The molecule has 116 valence electrons. The first kappa shape index (κ1) is 14.8. The van der Waals surface area contributed by atoms with Crippen molar-refractivity contribution in [2.24, 2.45) is 0 Å². The SMILES string of the molecule is O[C@H](COc1ccc2c(c1)CCC2)COC1CCOCC1. The van der Waals surface area contributed by atoms with Gasteiger partial charge in [0.1, 0.15) is 18.5 Å². The van der Waals surface area contributed by atoms with Crippen LogP contribution in [0.1, 0.15) is 30.4 Å². The summed E-state index contributed by atoms with van der Waals surface area (Å²) in [6.07, 6.45) is 5.02. The molecule has 0 unspecified atom stereocenters. The van der Waals surface area contributed by atoms with Crippen molar-refractivity contribution in [1.82, 2.24) is 0 Å². The second-order valence-electron chi connectivity index (χ2n) is 5.89. The van der Waals surface area contributed by atoms with Crippen molar-refractivity contribution in [2.75, 3.05) is 26.4 Å². The summed E-state index contributed by atoms with van der Waals surface area (Å²) in [6.45, 7) is 2.12. The molecule has 1 aliphatic heterocycles. The highest BCUT2D eigenvalue weighted by molar-refractivity contribution is 5.38. The molecule has 0 saturated carbocycles. The third kappa shape index (κ3) is 4.19. The molecular formula is C17H24O4. The topological polar surface area (TPSA) is 47.9 Å². The molecule has 0 spiro atoms. The summed E-state index contributed by atoms with van der Waals surface area (Å²) in [4.78, 5) is 0. The molecule has 0 amide bonds. The third-order valence-corrected chi connectivity index (χ3v) is 4.20. The first-order valence-corrected chi connectivity index (χ1v) is 7.93. The maximum atomic E-state index is 9.95. The standard InChI is InChI=1S/C17H24O4/c18-15(11-20-16-6-8-19-9-7-16)12-21-17-5-4-13-2-1-3-14(13)10-17/h4-5,10,15-16,18H,1-3,6-9,11-12H2/t15-/m0/s1. The molecule has 1 atom stereocenters. The van der Waals surface area contributed by atoms with E-state index < -0.39 is 6.10 Å². The van der Waals surface area contributed by atoms with E-state index in [1.165, 1.54) is 24.0 Å². The normalized spacial score (nSPS) is 20.2. The first-order valence-electron chi connectivity index (χ1n) is 7.93. The predicted molar refractivity (Wildman–Crippen MR) is 79.8 cm³/mol. The van der Waals surface area contributed by atoms with E-state index in [4.69, 9.17) is 14.2 Å². The zero-order valence-corrected chi connectivity index (χ0v) is 12.4. The van der Waals surface area contributed by atoms with Gasteiger partial charge in [0.25, 0.3) is 0 Å². The molecule has 1 fully saturated rings. The lowest BCUT2D eigenvalue weighted by atomic mass is 10.1. The molecule has 0 radical (unpaired) electrons. The van der Waals surface area contributed by atoms with E-state index in [2.05, 4.69) is 12.1 Å². The summed E-state index contributed by atoms with van der Waals surface area (Å²) in [7, 11) is 0. The van der Waals surface area contributed by atoms with Gasteiger partial charge in [-0.25, -0.2) is 0 Å². The number of benzene rings is 1. The highest BCUT2D eigenvalue weighted by Gasteiger charge is 2.16. The molecule has 4 heteroatoms. The van der Waals surface area contributed by atoms with E-state index in [-0.39, 0.29) is 12.7 Å². The van der Waals surface area contributed by atoms with Gasteiger partial charge in [0.2, 0.25) is 0 Å². The van der Waals surface area contributed by atoms with Crippen molar-refractivity contribution in [3.63, 3.8) is 0 Å². The largest absolute Gasteiger partial charge is 0.491 e. The number of ether oxygens (including phenoxy) is 3. The van der Waals surface area contributed by atoms with E-state index in [1.807, 2.05) is 6.07 Å². The minimum absolute atomic E-state index is 0.216. The average molecular weight is 292 g/mol. The summed E-state index contributed by atoms with van der Waals surface area (Å²) >= 11 is 0. The molecule has 2 aliphatic rings. The van der Waals surface area contributed by atoms with E-state index in [9.17, 15) is 5.11 Å². The quantitative estimate of drug-likeness (QED) is 0.872. The molecule has 1 saturated heterocycles. The number of fused-ring (bicyclic) bond motifs is 1. The smallest absolute Gasteiger partial charge is 0.119 e. The number of hydrogen-bond acceptors (Lipinski definition) is 4. The first-order chi connectivity index (χ1) is 10.3. The zero-order valence-electron chi connectivity index (χ0n) is 12.4. The van der Waals surface area contributed by atoms with Gasteiger partial charge in [0.15, 0.2) is 0 Å². The molecule has 1 aromatic carbocycles. The van der Waals surface area contributed by atoms with Crippen molar-refractivity contribution in [3.05, 3.63) is 29.3 Å². The molecule has 1 N–H and O–H groups in total. The average Bonchev–Trinajstić information content (AvgIpc) is 2.99. The van der Waals surface area contributed by atoms with E-state index in [1.54, 1.807) is 0 Å². The zero-order chi connectivity index (χ0) is 14.5. The van der Waals surface area contributed by atoms with Crippen LogP contribution in [0.2, 0.25) is 0 Å². The van der Waals surface area contributed by atoms with Crippen LogP contribution in [0.15, 0.2) is 18.2 Å². The number of aryl methyl sites for hydroxylation is 2. The Morgan fingerprint density at radius 2 is 1.95 bits per heavy atom. The highest BCUT2D eigenvalue weighted by Crippen LogP contribution is 2.26. The Bertz CT molecular complexity index is 454. The fraction of sp³-hybridized carbons (Fsp3) is 0.647. The van der Waals surface area contributed by atoms with Gasteiger partial charge < -0.3 is 19.3 Å². The van der Waals surface area contributed by atoms with Crippen LogP contribution >= 0.6 is 0 Å². The van der Waals surface area contributed by atoms with Gasteiger partial charge in [0, 0.05) is 13.2 Å². The summed E-state index contributed by atoms with van der Waals surface area (Å²) in [5, 5.41) is 9.95. The molecule has 21 heavy (non-hydrogen) atoms. The lowest BCUT2D eigenvalue weighted by Crippen LogP contribution is -2.30. The molecule has 0 aromatic heterocycles. The Hall–Kier alpha value is -1.10. The Morgan fingerprint density at radius 3 is 2.81 bits per heavy atom. The summed E-state index contributed by atoms with van der Waals surface area (Å²) < 4.78 is 16.7. The van der Waals surface area contributed by atoms with Crippen LogP contribution in [0.5, 0.6) is 5.75 Å². The van der Waals surface area contributed by atoms with Gasteiger partial charge in [-0.05, 0) is 55.4 Å². The van der Waals surface area contributed by atoms with Gasteiger partial charge in [-0.1, -0.05) is 6.07 Å². The minimum Gasteiger partial charge on any atom is -0.491 e. The summed E-state index contributed by atoms with van der Waals surface area (Å²) in [5.41, 5.74) is 2.83. The van der Waals surface area contributed by atoms with Gasteiger partial charge in [0.05, 0.1) is 12.7 Å². The van der Waals surface area contributed by atoms with Crippen molar-refractivity contribution in [3.8, 4) is 5.75 Å². The molecule has 3 rings (SSSR count). The third-order valence-electron chi connectivity index (χ3n) is 4.20. The monoisotopic (exact) mass is 292 g/mol. The van der Waals surface area contributed by atoms with Crippen LogP contribution in [-0.4, -0.2) is 43.7 Å². The summed E-state index contributed by atoms with van der Waals surface area (Å²) in [6, 6.07) is 6.24. The highest BCUT2D eigenvalue weighted by atomic mass is 16.5. The molecule has 1 aliphatic carbocycles. The van der Waals surface area contributed by atoms with Crippen molar-refractivity contribution >= 4 is 0 Å². The lowest BCUT2D eigenvalue weighted by Gasteiger charge is -2.23. The van der Waals surface area contributed by atoms with Crippen molar-refractivity contribution < 1.29 is 19.3 Å². The van der Waals surface area contributed by atoms with Crippen LogP contribution in [0.25, 0.3) is 0 Å². The van der Waals surface area contributed by atoms with E-state index in [0.29, 0.717) is 6.61 Å². The lowest BCUT2D eigenvalue weighted by molar-refractivity contribution is -0.0659. The molecule has 1 aromatic rings. The Morgan fingerprint density at radius 1 is 1.14 bits per heavy atom. The molecule has 1 heterocycles. The fourth-order valence-corrected chi connectivity index (χ4v) is 2.97. The van der Waals surface area contributed by atoms with Gasteiger partial charge in [-0.3, -0.25) is 0 Å². The van der Waals surface area contributed by atoms with Crippen LogP contribution in [-0.2, 0) is 22.3 Å². The second kappa shape index (κ2) is 7.25. The van der Waals surface area contributed by atoms with Gasteiger partial charge in [-0.15, -0.1) is 0 Å². The van der Waals surface area contributed by atoms with E-state index >= 15 is 0 Å². The number of hydrogen-bond donors (Lipinski definition) is 1.